The lowest BCUT2D eigenvalue weighted by molar-refractivity contribution is -0.135. The molecule has 1 saturated heterocycles. The van der Waals surface area contributed by atoms with E-state index in [-0.39, 0.29) is 25.0 Å². The second-order valence-electron chi connectivity index (χ2n) is 7.00. The maximum Gasteiger partial charge on any atom is 0.325 e. The Bertz CT molecular complexity index is 714. The molecule has 1 heterocycles. The Balaban J connectivity index is 1.61. The normalized spacial score (nSPS) is 26.9. The smallest absolute Gasteiger partial charge is 0.325 e. The van der Waals surface area contributed by atoms with Gasteiger partial charge >= 0.3 is 6.03 Å². The lowest BCUT2D eigenvalue weighted by Gasteiger charge is -2.36. The van der Waals surface area contributed by atoms with Crippen molar-refractivity contribution in [2.75, 3.05) is 13.2 Å². The van der Waals surface area contributed by atoms with E-state index in [1.54, 1.807) is 12.1 Å². The van der Waals surface area contributed by atoms with Crippen LogP contribution in [0, 0.1) is 5.92 Å². The molecule has 0 unspecified atom stereocenters. The van der Waals surface area contributed by atoms with Crippen LogP contribution in [0.2, 0.25) is 10.0 Å². The minimum atomic E-state index is -1.02. The van der Waals surface area contributed by atoms with Crippen molar-refractivity contribution in [2.24, 2.45) is 5.92 Å². The largest absolute Gasteiger partial charge is 0.489 e. The number of aliphatic hydroxyl groups excluding tert-OH is 1. The molecular weight excluding hydrogens is 379 g/mol. The van der Waals surface area contributed by atoms with E-state index in [1.807, 2.05) is 6.92 Å². The second kappa shape index (κ2) is 7.62. The number of halogens is 2. The highest BCUT2D eigenvalue weighted by Crippen LogP contribution is 2.38. The molecule has 3 atom stereocenters. The quantitative estimate of drug-likeness (QED) is 0.743. The summed E-state index contributed by atoms with van der Waals surface area (Å²) in [5.74, 6) is 0.210. The minimum Gasteiger partial charge on any atom is -0.489 e. The highest BCUT2D eigenvalue weighted by molar-refractivity contribution is 6.35. The number of imide groups is 1. The molecule has 1 spiro atoms. The SMILES string of the molecule is C[C@@H]1CCCC[C@@]12NC(=O)N(C[C@H](O)COc1ccc(Cl)cc1Cl)C2=O. The van der Waals surface area contributed by atoms with Gasteiger partial charge in [-0.15, -0.1) is 0 Å². The third-order valence-electron chi connectivity index (χ3n) is 5.22. The Morgan fingerprint density at radius 3 is 2.85 bits per heavy atom. The van der Waals surface area contributed by atoms with E-state index in [9.17, 15) is 14.7 Å². The number of amides is 3. The Kier molecular flexibility index (Phi) is 5.65. The lowest BCUT2D eigenvalue weighted by Crippen LogP contribution is -2.54. The van der Waals surface area contributed by atoms with Gasteiger partial charge in [0, 0.05) is 5.02 Å². The van der Waals surface area contributed by atoms with Crippen molar-refractivity contribution in [3.8, 4) is 5.75 Å². The first-order valence-electron chi connectivity index (χ1n) is 8.73. The number of urea groups is 1. The van der Waals surface area contributed by atoms with Gasteiger partial charge in [-0.1, -0.05) is 43.0 Å². The molecule has 2 fully saturated rings. The molecule has 6 nitrogen and oxygen atoms in total. The van der Waals surface area contributed by atoms with Crippen LogP contribution in [-0.2, 0) is 4.79 Å². The summed E-state index contributed by atoms with van der Waals surface area (Å²) in [5.41, 5.74) is -0.824. The molecule has 8 heteroatoms. The van der Waals surface area contributed by atoms with Crippen molar-refractivity contribution in [2.45, 2.75) is 44.2 Å². The van der Waals surface area contributed by atoms with Crippen LogP contribution in [-0.4, -0.2) is 46.7 Å². The number of hydrogen-bond donors (Lipinski definition) is 2. The third kappa shape index (κ3) is 3.63. The van der Waals surface area contributed by atoms with Crippen LogP contribution in [0.5, 0.6) is 5.75 Å². The monoisotopic (exact) mass is 400 g/mol. The highest BCUT2D eigenvalue weighted by Gasteiger charge is 2.55. The van der Waals surface area contributed by atoms with Crippen molar-refractivity contribution in [3.05, 3.63) is 28.2 Å². The number of carbonyl (C=O) groups excluding carboxylic acids is 2. The molecule has 1 aromatic rings. The fourth-order valence-corrected chi connectivity index (χ4v) is 4.17. The van der Waals surface area contributed by atoms with Gasteiger partial charge in [0.05, 0.1) is 11.6 Å². The van der Waals surface area contributed by atoms with Gasteiger partial charge in [-0.05, 0) is 37.0 Å². The van der Waals surface area contributed by atoms with Crippen LogP contribution < -0.4 is 10.1 Å². The van der Waals surface area contributed by atoms with Crippen LogP contribution in [0.4, 0.5) is 4.79 Å². The highest BCUT2D eigenvalue weighted by atomic mass is 35.5. The molecule has 26 heavy (non-hydrogen) atoms. The molecule has 1 aromatic carbocycles. The maximum atomic E-state index is 12.9. The van der Waals surface area contributed by atoms with Crippen LogP contribution in [0.1, 0.15) is 32.6 Å². The van der Waals surface area contributed by atoms with Gasteiger partial charge in [0.2, 0.25) is 0 Å². The number of ether oxygens (including phenoxy) is 1. The van der Waals surface area contributed by atoms with E-state index in [4.69, 9.17) is 27.9 Å². The molecular formula is C18H22Cl2N2O4. The summed E-state index contributed by atoms with van der Waals surface area (Å²) < 4.78 is 5.48. The first-order valence-corrected chi connectivity index (χ1v) is 9.49. The number of aliphatic hydroxyl groups is 1. The average molecular weight is 401 g/mol. The molecule has 1 aliphatic carbocycles. The van der Waals surface area contributed by atoms with Crippen LogP contribution >= 0.6 is 23.2 Å². The molecule has 0 radical (unpaired) electrons. The first kappa shape index (κ1) is 19.3. The summed E-state index contributed by atoms with van der Waals surface area (Å²) in [7, 11) is 0. The zero-order valence-corrected chi connectivity index (χ0v) is 16.0. The van der Waals surface area contributed by atoms with E-state index >= 15 is 0 Å². The molecule has 3 rings (SSSR count). The van der Waals surface area contributed by atoms with Crippen molar-refractivity contribution in [1.29, 1.82) is 0 Å². The van der Waals surface area contributed by atoms with Gasteiger partial charge in [0.1, 0.15) is 24.0 Å². The molecule has 0 aromatic heterocycles. The van der Waals surface area contributed by atoms with Crippen molar-refractivity contribution in [1.82, 2.24) is 10.2 Å². The van der Waals surface area contributed by atoms with Gasteiger partial charge in [-0.25, -0.2) is 4.79 Å². The zero-order chi connectivity index (χ0) is 18.9. The number of rotatable bonds is 5. The standard InChI is InChI=1S/C18H22Cl2N2O4/c1-11-4-2-3-7-18(11)16(24)22(17(25)21-18)9-13(23)10-26-15-6-5-12(19)8-14(15)20/h5-6,8,11,13,23H,2-4,7,9-10H2,1H3,(H,21,25)/t11-,13+,18-/m1/s1. The molecule has 1 saturated carbocycles. The van der Waals surface area contributed by atoms with Crippen molar-refractivity contribution < 1.29 is 19.4 Å². The van der Waals surface area contributed by atoms with Crippen molar-refractivity contribution >= 4 is 35.1 Å². The average Bonchev–Trinajstić information content (AvgIpc) is 2.82. The third-order valence-corrected chi connectivity index (χ3v) is 5.75. The number of hydrogen-bond acceptors (Lipinski definition) is 4. The van der Waals surface area contributed by atoms with Crippen molar-refractivity contribution in [3.63, 3.8) is 0 Å². The Morgan fingerprint density at radius 1 is 1.38 bits per heavy atom. The first-order chi connectivity index (χ1) is 12.3. The van der Waals surface area contributed by atoms with Gasteiger partial charge in [-0.2, -0.15) is 0 Å². The van der Waals surface area contributed by atoms with E-state index in [0.717, 1.165) is 24.2 Å². The summed E-state index contributed by atoms with van der Waals surface area (Å²) >= 11 is 11.9. The Morgan fingerprint density at radius 2 is 2.15 bits per heavy atom. The minimum absolute atomic E-state index is 0.0824. The van der Waals surface area contributed by atoms with Crippen LogP contribution in [0.25, 0.3) is 0 Å². The number of nitrogens with zero attached hydrogens (tertiary/aromatic N) is 1. The maximum absolute atomic E-state index is 12.9. The fourth-order valence-electron chi connectivity index (χ4n) is 3.70. The zero-order valence-electron chi connectivity index (χ0n) is 14.5. The molecule has 2 aliphatic rings. The molecule has 3 amide bonds. The number of nitrogens with one attached hydrogen (secondary N) is 1. The van der Waals surface area contributed by atoms with Gasteiger partial charge in [0.15, 0.2) is 0 Å². The van der Waals surface area contributed by atoms with Gasteiger partial charge in [0.25, 0.3) is 5.91 Å². The lowest BCUT2D eigenvalue weighted by atomic mass is 9.73. The second-order valence-corrected chi connectivity index (χ2v) is 7.85. The van der Waals surface area contributed by atoms with E-state index in [1.165, 1.54) is 6.07 Å². The molecule has 0 bridgehead atoms. The number of benzene rings is 1. The number of carbonyl (C=O) groups is 2. The molecule has 1 aliphatic heterocycles. The predicted molar refractivity (Wildman–Crippen MR) is 98.6 cm³/mol. The van der Waals surface area contributed by atoms with Crippen LogP contribution in [0.15, 0.2) is 18.2 Å². The van der Waals surface area contributed by atoms with E-state index < -0.39 is 17.7 Å². The summed E-state index contributed by atoms with van der Waals surface area (Å²) in [6, 6.07) is 4.31. The van der Waals surface area contributed by atoms with E-state index in [2.05, 4.69) is 5.32 Å². The topological polar surface area (TPSA) is 78.9 Å². The summed E-state index contributed by atoms with van der Waals surface area (Å²) in [6.45, 7) is 1.77. The van der Waals surface area contributed by atoms with Gasteiger partial charge < -0.3 is 15.2 Å². The summed E-state index contributed by atoms with van der Waals surface area (Å²) in [5, 5.41) is 13.9. The molecule has 2 N–H and O–H groups in total. The van der Waals surface area contributed by atoms with Gasteiger partial charge in [-0.3, -0.25) is 9.69 Å². The summed E-state index contributed by atoms with van der Waals surface area (Å²) in [4.78, 5) is 26.3. The summed E-state index contributed by atoms with van der Waals surface area (Å²) in [6.07, 6.45) is 2.49. The Labute approximate surface area is 162 Å². The predicted octanol–water partition coefficient (Wildman–Crippen LogP) is 3.23. The molecule has 142 valence electrons. The number of β-amino-alcohol motifs (C(OH)–C–C–N with tert-alkyl or cyclic N) is 1. The van der Waals surface area contributed by atoms with Crippen LogP contribution in [0.3, 0.4) is 0 Å². The Hall–Kier alpha value is -1.50. The fraction of sp³-hybridized carbons (Fsp3) is 0.556. The van der Waals surface area contributed by atoms with E-state index in [0.29, 0.717) is 22.2 Å².